The molecule has 0 aliphatic carbocycles. The molecular formula is C16H14F3NO5S. The summed E-state index contributed by atoms with van der Waals surface area (Å²) in [5.74, 6) is -4.05. The van der Waals surface area contributed by atoms with Gasteiger partial charge >= 0.3 is 0 Å². The fraction of sp³-hybridized carbons (Fsp3) is 0.188. The van der Waals surface area contributed by atoms with Crippen LogP contribution in [-0.4, -0.2) is 27.7 Å². The van der Waals surface area contributed by atoms with E-state index in [2.05, 4.69) is 0 Å². The zero-order valence-corrected chi connectivity index (χ0v) is 14.5. The number of amides is 1. The Balaban J connectivity index is 2.17. The van der Waals surface area contributed by atoms with Gasteiger partial charge in [-0.2, -0.15) is 0 Å². The molecule has 10 heteroatoms. The molecule has 0 aliphatic heterocycles. The van der Waals surface area contributed by atoms with Gasteiger partial charge in [0, 0.05) is 11.6 Å². The highest BCUT2D eigenvalue weighted by atomic mass is 32.2. The van der Waals surface area contributed by atoms with Crippen molar-refractivity contribution in [3.63, 3.8) is 0 Å². The fourth-order valence-corrected chi connectivity index (χ4v) is 2.44. The summed E-state index contributed by atoms with van der Waals surface area (Å²) >= 11 is 0. The largest absolute Gasteiger partial charge is 0.494 e. The van der Waals surface area contributed by atoms with Gasteiger partial charge in [0.1, 0.15) is 24.0 Å². The van der Waals surface area contributed by atoms with E-state index in [0.29, 0.717) is 18.4 Å². The SMILES string of the molecule is COc1ccc(OCc2cc(F)c(C(=O)NS(C)(=O)=O)cc2F)cc1F. The third-order valence-electron chi connectivity index (χ3n) is 3.18. The molecule has 140 valence electrons. The number of rotatable bonds is 6. The van der Waals surface area contributed by atoms with Gasteiger partial charge in [-0.05, 0) is 24.3 Å². The van der Waals surface area contributed by atoms with Gasteiger partial charge in [0.25, 0.3) is 5.91 Å². The quantitative estimate of drug-likeness (QED) is 0.821. The summed E-state index contributed by atoms with van der Waals surface area (Å²) in [7, 11) is -2.64. The van der Waals surface area contributed by atoms with Crippen molar-refractivity contribution in [2.75, 3.05) is 13.4 Å². The van der Waals surface area contributed by atoms with Crippen molar-refractivity contribution in [1.29, 1.82) is 0 Å². The molecule has 1 N–H and O–H groups in total. The van der Waals surface area contributed by atoms with Crippen molar-refractivity contribution in [2.24, 2.45) is 0 Å². The summed E-state index contributed by atoms with van der Waals surface area (Å²) in [6.45, 7) is -0.442. The van der Waals surface area contributed by atoms with Crippen molar-refractivity contribution in [3.8, 4) is 11.5 Å². The van der Waals surface area contributed by atoms with Gasteiger partial charge in [-0.1, -0.05) is 0 Å². The van der Waals surface area contributed by atoms with Gasteiger partial charge in [0.2, 0.25) is 10.0 Å². The van der Waals surface area contributed by atoms with Gasteiger partial charge < -0.3 is 9.47 Å². The summed E-state index contributed by atoms with van der Waals surface area (Å²) < 4.78 is 75.1. The van der Waals surface area contributed by atoms with Crippen LogP contribution < -0.4 is 14.2 Å². The molecule has 0 atom stereocenters. The lowest BCUT2D eigenvalue weighted by molar-refractivity contribution is 0.0977. The molecule has 0 unspecified atom stereocenters. The second-order valence-electron chi connectivity index (χ2n) is 5.21. The van der Waals surface area contributed by atoms with Gasteiger partial charge in [-0.15, -0.1) is 0 Å². The van der Waals surface area contributed by atoms with E-state index in [1.165, 1.54) is 24.0 Å². The summed E-state index contributed by atoms with van der Waals surface area (Å²) in [6.07, 6.45) is 0.704. The lowest BCUT2D eigenvalue weighted by atomic mass is 10.1. The van der Waals surface area contributed by atoms with Crippen LogP contribution in [0.5, 0.6) is 11.5 Å². The van der Waals surface area contributed by atoms with Crippen molar-refractivity contribution in [2.45, 2.75) is 6.61 Å². The van der Waals surface area contributed by atoms with Crippen LogP contribution in [-0.2, 0) is 16.6 Å². The molecule has 2 aromatic carbocycles. The average molecular weight is 389 g/mol. The molecule has 0 radical (unpaired) electrons. The number of carbonyl (C=O) groups excluding carboxylic acids is 1. The number of nitrogens with one attached hydrogen (secondary N) is 1. The van der Waals surface area contributed by atoms with Gasteiger partial charge in [0.05, 0.1) is 18.9 Å². The van der Waals surface area contributed by atoms with Crippen LogP contribution in [0.4, 0.5) is 13.2 Å². The van der Waals surface area contributed by atoms with Crippen LogP contribution in [0, 0.1) is 17.5 Å². The predicted molar refractivity (Wildman–Crippen MR) is 86.0 cm³/mol. The van der Waals surface area contributed by atoms with E-state index in [-0.39, 0.29) is 17.1 Å². The molecule has 26 heavy (non-hydrogen) atoms. The minimum atomic E-state index is -3.93. The van der Waals surface area contributed by atoms with E-state index in [1.54, 1.807) is 0 Å². The Kier molecular flexibility index (Phi) is 5.76. The van der Waals surface area contributed by atoms with Crippen molar-refractivity contribution in [1.82, 2.24) is 4.72 Å². The zero-order valence-electron chi connectivity index (χ0n) is 13.7. The normalized spacial score (nSPS) is 11.1. The third kappa shape index (κ3) is 4.88. The van der Waals surface area contributed by atoms with Crippen LogP contribution in [0.2, 0.25) is 0 Å². The average Bonchev–Trinajstić information content (AvgIpc) is 2.53. The van der Waals surface area contributed by atoms with E-state index in [4.69, 9.17) is 9.47 Å². The molecule has 0 saturated carbocycles. The van der Waals surface area contributed by atoms with E-state index in [1.807, 2.05) is 0 Å². The highest BCUT2D eigenvalue weighted by molar-refractivity contribution is 7.89. The number of carbonyl (C=O) groups is 1. The molecule has 2 rings (SSSR count). The van der Waals surface area contributed by atoms with E-state index in [9.17, 15) is 26.4 Å². The van der Waals surface area contributed by atoms with E-state index in [0.717, 1.165) is 6.07 Å². The van der Waals surface area contributed by atoms with Gasteiger partial charge in [-0.3, -0.25) is 4.79 Å². The Hall–Kier alpha value is -2.75. The minimum absolute atomic E-state index is 0.00387. The number of sulfonamides is 1. The Morgan fingerprint density at radius 2 is 1.77 bits per heavy atom. The second-order valence-corrected chi connectivity index (χ2v) is 6.96. The molecule has 0 heterocycles. The van der Waals surface area contributed by atoms with E-state index >= 15 is 0 Å². The van der Waals surface area contributed by atoms with Crippen molar-refractivity contribution >= 4 is 15.9 Å². The fourth-order valence-electron chi connectivity index (χ4n) is 1.99. The van der Waals surface area contributed by atoms with Crippen LogP contribution in [0.3, 0.4) is 0 Å². The first-order chi connectivity index (χ1) is 12.1. The molecule has 2 aromatic rings. The first kappa shape index (κ1) is 19.6. The minimum Gasteiger partial charge on any atom is -0.494 e. The van der Waals surface area contributed by atoms with Crippen molar-refractivity contribution < 1.29 is 35.9 Å². The smallest absolute Gasteiger partial charge is 0.267 e. The molecule has 0 bridgehead atoms. The third-order valence-corrected chi connectivity index (χ3v) is 3.73. The lowest BCUT2D eigenvalue weighted by Crippen LogP contribution is -2.30. The monoisotopic (exact) mass is 389 g/mol. The Bertz CT molecular complexity index is 947. The zero-order chi connectivity index (χ0) is 19.5. The summed E-state index contributed by atoms with van der Waals surface area (Å²) in [5.41, 5.74) is -1.01. The molecule has 0 fully saturated rings. The number of methoxy groups -OCH3 is 1. The van der Waals surface area contributed by atoms with E-state index < -0.39 is 45.6 Å². The Morgan fingerprint density at radius 1 is 1.08 bits per heavy atom. The molecule has 0 aromatic heterocycles. The van der Waals surface area contributed by atoms with Crippen LogP contribution in [0.25, 0.3) is 0 Å². The van der Waals surface area contributed by atoms with Crippen LogP contribution >= 0.6 is 0 Å². The maximum Gasteiger partial charge on any atom is 0.267 e. The summed E-state index contributed by atoms with van der Waals surface area (Å²) in [4.78, 5) is 11.6. The van der Waals surface area contributed by atoms with Gasteiger partial charge in [-0.25, -0.2) is 26.3 Å². The second kappa shape index (κ2) is 7.65. The Labute approximate surface area is 147 Å². The number of hydrogen-bond donors (Lipinski definition) is 1. The molecule has 1 amide bonds. The standard InChI is InChI=1S/C16H14F3NO5S/c1-24-15-4-3-10(6-14(15)19)25-8-9-5-13(18)11(7-12(9)17)16(21)20-26(2,22)23/h3-7H,8H2,1-2H3,(H,20,21). The maximum absolute atomic E-state index is 14.1. The van der Waals surface area contributed by atoms with Gasteiger partial charge in [0.15, 0.2) is 11.6 Å². The van der Waals surface area contributed by atoms with Crippen LogP contribution in [0.1, 0.15) is 15.9 Å². The highest BCUT2D eigenvalue weighted by Crippen LogP contribution is 2.24. The molecule has 0 saturated heterocycles. The highest BCUT2D eigenvalue weighted by Gasteiger charge is 2.19. The maximum atomic E-state index is 14.1. The molecular weight excluding hydrogens is 375 g/mol. The first-order valence-corrected chi connectivity index (χ1v) is 8.96. The first-order valence-electron chi connectivity index (χ1n) is 7.07. The predicted octanol–water partition coefficient (Wildman–Crippen LogP) is 2.38. The molecule has 0 spiro atoms. The summed E-state index contributed by atoms with van der Waals surface area (Å²) in [6, 6.07) is 4.96. The number of ether oxygens (including phenoxy) is 2. The lowest BCUT2D eigenvalue weighted by Gasteiger charge is -2.10. The Morgan fingerprint density at radius 3 is 2.35 bits per heavy atom. The number of benzene rings is 2. The van der Waals surface area contributed by atoms with Crippen molar-refractivity contribution in [3.05, 3.63) is 58.9 Å². The topological polar surface area (TPSA) is 81.7 Å². The van der Waals surface area contributed by atoms with Crippen LogP contribution in [0.15, 0.2) is 30.3 Å². The number of hydrogen-bond acceptors (Lipinski definition) is 5. The molecule has 0 aliphatic rings. The summed E-state index contributed by atoms with van der Waals surface area (Å²) in [5, 5.41) is 0. The number of halogens is 3. The molecule has 6 nitrogen and oxygen atoms in total.